The van der Waals surface area contributed by atoms with Gasteiger partial charge in [0, 0.05) is 5.56 Å². The van der Waals surface area contributed by atoms with Gasteiger partial charge in [-0.3, -0.25) is 0 Å². The Morgan fingerprint density at radius 3 is 2.84 bits per heavy atom. The van der Waals surface area contributed by atoms with Crippen LogP contribution in [0.3, 0.4) is 0 Å². The van der Waals surface area contributed by atoms with E-state index in [0.29, 0.717) is 11.7 Å². The summed E-state index contributed by atoms with van der Waals surface area (Å²) in [6.45, 7) is 6.89. The Morgan fingerprint density at radius 2 is 2.21 bits per heavy atom. The van der Waals surface area contributed by atoms with Crippen LogP contribution in [0.25, 0.3) is 11.4 Å². The lowest BCUT2D eigenvalue weighted by atomic mass is 10.1. The molecule has 5 heteroatoms. The molecule has 0 amide bonds. The summed E-state index contributed by atoms with van der Waals surface area (Å²) >= 11 is 0. The minimum atomic E-state index is 0.0607. The van der Waals surface area contributed by atoms with Crippen LogP contribution in [-0.4, -0.2) is 23.8 Å². The number of hydrogen-bond donors (Lipinski definition) is 1. The van der Waals surface area contributed by atoms with Crippen LogP contribution in [0.1, 0.15) is 31.3 Å². The number of aromatic nitrogens is 2. The summed E-state index contributed by atoms with van der Waals surface area (Å²) in [5.74, 6) is 2.06. The highest BCUT2D eigenvalue weighted by Gasteiger charge is 2.14. The summed E-state index contributed by atoms with van der Waals surface area (Å²) in [6, 6.07) is 5.89. The first-order chi connectivity index (χ1) is 9.15. The first-order valence-electron chi connectivity index (χ1n) is 6.37. The predicted molar refractivity (Wildman–Crippen MR) is 73.1 cm³/mol. The van der Waals surface area contributed by atoms with Crippen LogP contribution in [0.4, 0.5) is 0 Å². The molecule has 1 aromatic heterocycles. The number of aryl methyl sites for hydroxylation is 1. The number of ether oxygens (including phenoxy) is 1. The third kappa shape index (κ3) is 2.93. The number of methoxy groups -OCH3 is 1. The van der Waals surface area contributed by atoms with Gasteiger partial charge in [-0.2, -0.15) is 4.98 Å². The van der Waals surface area contributed by atoms with E-state index in [-0.39, 0.29) is 6.04 Å². The highest BCUT2D eigenvalue weighted by Crippen LogP contribution is 2.25. The Balaban J connectivity index is 2.25. The van der Waals surface area contributed by atoms with Crippen LogP contribution in [0, 0.1) is 6.92 Å². The molecule has 1 N–H and O–H groups in total. The topological polar surface area (TPSA) is 60.2 Å². The Hall–Kier alpha value is -1.88. The van der Waals surface area contributed by atoms with E-state index in [1.807, 2.05) is 39.0 Å². The van der Waals surface area contributed by atoms with Crippen molar-refractivity contribution in [3.63, 3.8) is 0 Å². The Bertz CT molecular complexity index is 551. The standard InChI is InChI=1S/C14H19N3O2/c1-5-15-10(3)14-16-13(17-19-14)11-6-7-12(18-4)9(2)8-11/h6-8,10,15H,5H2,1-4H3. The molecule has 0 aliphatic heterocycles. The average Bonchev–Trinajstić information content (AvgIpc) is 2.88. The quantitative estimate of drug-likeness (QED) is 0.896. The van der Waals surface area contributed by atoms with Gasteiger partial charge in [-0.15, -0.1) is 0 Å². The van der Waals surface area contributed by atoms with Gasteiger partial charge >= 0.3 is 0 Å². The van der Waals surface area contributed by atoms with Gasteiger partial charge in [-0.05, 0) is 44.2 Å². The monoisotopic (exact) mass is 261 g/mol. The van der Waals surface area contributed by atoms with Crippen molar-refractivity contribution in [1.82, 2.24) is 15.5 Å². The van der Waals surface area contributed by atoms with Crippen LogP contribution in [0.2, 0.25) is 0 Å². The Labute approximate surface area is 113 Å². The van der Waals surface area contributed by atoms with Crippen molar-refractivity contribution in [2.45, 2.75) is 26.8 Å². The summed E-state index contributed by atoms with van der Waals surface area (Å²) in [4.78, 5) is 4.41. The third-order valence-corrected chi connectivity index (χ3v) is 2.98. The molecule has 19 heavy (non-hydrogen) atoms. The predicted octanol–water partition coefficient (Wildman–Crippen LogP) is 2.72. The molecule has 5 nitrogen and oxygen atoms in total. The first kappa shape index (κ1) is 13.5. The largest absolute Gasteiger partial charge is 0.496 e. The van der Waals surface area contributed by atoms with Gasteiger partial charge in [0.15, 0.2) is 0 Å². The highest BCUT2D eigenvalue weighted by atomic mass is 16.5. The minimum Gasteiger partial charge on any atom is -0.496 e. The normalized spacial score (nSPS) is 12.4. The summed E-state index contributed by atoms with van der Waals surface area (Å²) in [5.41, 5.74) is 1.98. The molecular formula is C14H19N3O2. The molecular weight excluding hydrogens is 242 g/mol. The number of benzene rings is 1. The molecule has 0 aliphatic carbocycles. The fourth-order valence-corrected chi connectivity index (χ4v) is 1.94. The van der Waals surface area contributed by atoms with Crippen molar-refractivity contribution in [1.29, 1.82) is 0 Å². The molecule has 0 spiro atoms. The number of nitrogens with one attached hydrogen (secondary N) is 1. The van der Waals surface area contributed by atoms with E-state index in [9.17, 15) is 0 Å². The van der Waals surface area contributed by atoms with Gasteiger partial charge in [0.2, 0.25) is 11.7 Å². The van der Waals surface area contributed by atoms with E-state index in [1.54, 1.807) is 7.11 Å². The zero-order valence-electron chi connectivity index (χ0n) is 11.7. The summed E-state index contributed by atoms with van der Waals surface area (Å²) in [7, 11) is 1.66. The molecule has 0 saturated heterocycles. The molecule has 0 radical (unpaired) electrons. The van der Waals surface area contributed by atoms with Gasteiger partial charge in [-0.1, -0.05) is 12.1 Å². The minimum absolute atomic E-state index is 0.0607. The lowest BCUT2D eigenvalue weighted by Gasteiger charge is -2.05. The van der Waals surface area contributed by atoms with Crippen LogP contribution >= 0.6 is 0 Å². The fourth-order valence-electron chi connectivity index (χ4n) is 1.94. The maximum absolute atomic E-state index is 5.27. The second kappa shape index (κ2) is 5.84. The van der Waals surface area contributed by atoms with E-state index in [2.05, 4.69) is 15.5 Å². The number of nitrogens with zero attached hydrogens (tertiary/aromatic N) is 2. The van der Waals surface area contributed by atoms with Crippen LogP contribution in [-0.2, 0) is 0 Å². The molecule has 0 fully saturated rings. The zero-order chi connectivity index (χ0) is 13.8. The van der Waals surface area contributed by atoms with Crippen molar-refractivity contribution >= 4 is 0 Å². The molecule has 1 aromatic carbocycles. The second-order valence-corrected chi connectivity index (χ2v) is 4.42. The van der Waals surface area contributed by atoms with Gasteiger partial charge in [0.25, 0.3) is 0 Å². The second-order valence-electron chi connectivity index (χ2n) is 4.42. The van der Waals surface area contributed by atoms with E-state index in [4.69, 9.17) is 9.26 Å². The maximum Gasteiger partial charge on any atom is 0.243 e. The average molecular weight is 261 g/mol. The number of hydrogen-bond acceptors (Lipinski definition) is 5. The van der Waals surface area contributed by atoms with Gasteiger partial charge in [0.1, 0.15) is 5.75 Å². The van der Waals surface area contributed by atoms with Crippen LogP contribution < -0.4 is 10.1 Å². The molecule has 0 aliphatic rings. The highest BCUT2D eigenvalue weighted by molar-refractivity contribution is 5.58. The molecule has 1 unspecified atom stereocenters. The third-order valence-electron chi connectivity index (χ3n) is 2.98. The van der Waals surface area contributed by atoms with Crippen molar-refractivity contribution < 1.29 is 9.26 Å². The van der Waals surface area contributed by atoms with Crippen molar-refractivity contribution in [2.75, 3.05) is 13.7 Å². The van der Waals surface area contributed by atoms with Crippen molar-refractivity contribution in [2.24, 2.45) is 0 Å². The first-order valence-corrected chi connectivity index (χ1v) is 6.37. The Morgan fingerprint density at radius 1 is 1.42 bits per heavy atom. The van der Waals surface area contributed by atoms with Crippen molar-refractivity contribution in [3.8, 4) is 17.1 Å². The fraction of sp³-hybridized carbons (Fsp3) is 0.429. The van der Waals surface area contributed by atoms with E-state index in [1.165, 1.54) is 0 Å². The summed E-state index contributed by atoms with van der Waals surface area (Å²) < 4.78 is 10.5. The van der Waals surface area contributed by atoms with E-state index in [0.717, 1.165) is 23.4 Å². The zero-order valence-corrected chi connectivity index (χ0v) is 11.7. The lowest BCUT2D eigenvalue weighted by molar-refractivity contribution is 0.342. The SMILES string of the molecule is CCNC(C)c1nc(-c2ccc(OC)c(C)c2)no1. The van der Waals surface area contributed by atoms with Gasteiger partial charge in [0.05, 0.1) is 13.2 Å². The molecule has 1 atom stereocenters. The van der Waals surface area contributed by atoms with E-state index >= 15 is 0 Å². The maximum atomic E-state index is 5.27. The molecule has 0 bridgehead atoms. The van der Waals surface area contributed by atoms with Gasteiger partial charge < -0.3 is 14.6 Å². The molecule has 102 valence electrons. The summed E-state index contributed by atoms with van der Waals surface area (Å²) in [5, 5.41) is 7.26. The van der Waals surface area contributed by atoms with Crippen molar-refractivity contribution in [3.05, 3.63) is 29.7 Å². The molecule has 0 saturated carbocycles. The van der Waals surface area contributed by atoms with E-state index < -0.39 is 0 Å². The molecule has 2 aromatic rings. The molecule has 2 rings (SSSR count). The lowest BCUT2D eigenvalue weighted by Crippen LogP contribution is -2.17. The van der Waals surface area contributed by atoms with Crippen LogP contribution in [0.5, 0.6) is 5.75 Å². The number of rotatable bonds is 5. The Kier molecular flexibility index (Phi) is 4.16. The smallest absolute Gasteiger partial charge is 0.243 e. The van der Waals surface area contributed by atoms with Crippen LogP contribution in [0.15, 0.2) is 22.7 Å². The van der Waals surface area contributed by atoms with Gasteiger partial charge in [-0.25, -0.2) is 0 Å². The molecule has 1 heterocycles. The summed E-state index contributed by atoms with van der Waals surface area (Å²) in [6.07, 6.45) is 0.